The molecule has 5 rings (SSSR count). The van der Waals surface area contributed by atoms with Crippen molar-refractivity contribution < 1.29 is 0 Å². The highest BCUT2D eigenvalue weighted by Gasteiger charge is 2.31. The number of para-hydroxylation sites is 1. The summed E-state index contributed by atoms with van der Waals surface area (Å²) in [5.74, 6) is 0.311. The second-order valence-electron chi connectivity index (χ2n) is 8.58. The van der Waals surface area contributed by atoms with Crippen LogP contribution < -0.4 is 5.32 Å². The SMILES string of the molecule is C=C/C=C1C(=C(/c2ccccc2)C2C=CC=CC2)/c2cc(Nc3ccccc3)ccc2C/1=C/C. The summed E-state index contributed by atoms with van der Waals surface area (Å²) < 4.78 is 0. The lowest BCUT2D eigenvalue weighted by Crippen LogP contribution is -2.05. The van der Waals surface area contributed by atoms with Crippen molar-refractivity contribution in [1.29, 1.82) is 0 Å². The average Bonchev–Trinajstić information content (AvgIpc) is 3.18. The van der Waals surface area contributed by atoms with Gasteiger partial charge in [0.05, 0.1) is 0 Å². The molecule has 1 atom stereocenters. The molecule has 0 amide bonds. The van der Waals surface area contributed by atoms with Crippen LogP contribution in [0.15, 0.2) is 134 Å². The lowest BCUT2D eigenvalue weighted by molar-refractivity contribution is 0.844. The Bertz CT molecular complexity index is 1350. The van der Waals surface area contributed by atoms with Gasteiger partial charge in [-0.05, 0) is 76.6 Å². The Hall–Kier alpha value is -4.10. The quantitative estimate of drug-likeness (QED) is 0.418. The first-order valence-corrected chi connectivity index (χ1v) is 11.9. The first-order chi connectivity index (χ1) is 16.8. The molecule has 0 saturated carbocycles. The van der Waals surface area contributed by atoms with Crippen molar-refractivity contribution in [2.75, 3.05) is 5.32 Å². The van der Waals surface area contributed by atoms with Gasteiger partial charge < -0.3 is 5.32 Å². The molecule has 1 nitrogen and oxygen atoms in total. The van der Waals surface area contributed by atoms with Crippen LogP contribution in [0.3, 0.4) is 0 Å². The predicted octanol–water partition coefficient (Wildman–Crippen LogP) is 9.00. The summed E-state index contributed by atoms with van der Waals surface area (Å²) in [7, 11) is 0. The van der Waals surface area contributed by atoms with Gasteiger partial charge in [-0.15, -0.1) is 0 Å². The summed E-state index contributed by atoms with van der Waals surface area (Å²) in [4.78, 5) is 0. The van der Waals surface area contributed by atoms with Crippen LogP contribution in [-0.4, -0.2) is 0 Å². The molecule has 0 saturated heterocycles. The summed E-state index contributed by atoms with van der Waals surface area (Å²) in [6.07, 6.45) is 16.2. The van der Waals surface area contributed by atoms with Crippen LogP contribution in [0.2, 0.25) is 0 Å². The van der Waals surface area contributed by atoms with Crippen molar-refractivity contribution in [2.24, 2.45) is 5.92 Å². The van der Waals surface area contributed by atoms with Crippen LogP contribution in [0.1, 0.15) is 30.0 Å². The first kappa shape index (κ1) is 21.7. The van der Waals surface area contributed by atoms with E-state index in [2.05, 4.69) is 128 Å². The van der Waals surface area contributed by atoms with Crippen LogP contribution in [0, 0.1) is 5.92 Å². The van der Waals surface area contributed by atoms with Crippen molar-refractivity contribution in [3.05, 3.63) is 150 Å². The van der Waals surface area contributed by atoms with E-state index >= 15 is 0 Å². The van der Waals surface area contributed by atoms with Crippen LogP contribution in [-0.2, 0) is 0 Å². The van der Waals surface area contributed by atoms with Gasteiger partial charge in [0, 0.05) is 17.3 Å². The van der Waals surface area contributed by atoms with E-state index in [1.165, 1.54) is 39.0 Å². The number of hydrogen-bond acceptors (Lipinski definition) is 1. The molecule has 0 aromatic heterocycles. The second kappa shape index (κ2) is 9.80. The lowest BCUT2D eigenvalue weighted by Gasteiger charge is -2.22. The molecule has 0 aliphatic heterocycles. The van der Waals surface area contributed by atoms with E-state index in [1.54, 1.807) is 0 Å². The number of hydrogen-bond donors (Lipinski definition) is 1. The second-order valence-corrected chi connectivity index (χ2v) is 8.58. The van der Waals surface area contributed by atoms with Crippen molar-refractivity contribution in [1.82, 2.24) is 0 Å². The normalized spacial score (nSPS) is 20.4. The maximum absolute atomic E-state index is 4.04. The van der Waals surface area contributed by atoms with E-state index in [9.17, 15) is 0 Å². The minimum absolute atomic E-state index is 0.311. The average molecular weight is 440 g/mol. The van der Waals surface area contributed by atoms with Gasteiger partial charge >= 0.3 is 0 Å². The highest BCUT2D eigenvalue weighted by atomic mass is 14.9. The number of nitrogens with one attached hydrogen (secondary N) is 1. The Labute approximate surface area is 202 Å². The zero-order valence-corrected chi connectivity index (χ0v) is 19.5. The smallest absolute Gasteiger partial charge is 0.0390 e. The number of rotatable bonds is 5. The first-order valence-electron chi connectivity index (χ1n) is 11.9. The van der Waals surface area contributed by atoms with Gasteiger partial charge in [-0.3, -0.25) is 0 Å². The molecule has 2 aliphatic rings. The largest absolute Gasteiger partial charge is 0.356 e. The van der Waals surface area contributed by atoms with Gasteiger partial charge in [0.2, 0.25) is 0 Å². The molecule has 3 aromatic rings. The Morgan fingerprint density at radius 2 is 1.62 bits per heavy atom. The Balaban J connectivity index is 1.77. The number of anilines is 2. The Morgan fingerprint density at radius 3 is 2.29 bits per heavy atom. The molecule has 1 heteroatoms. The van der Waals surface area contributed by atoms with E-state index in [4.69, 9.17) is 0 Å². The lowest BCUT2D eigenvalue weighted by atomic mass is 9.81. The Kier molecular flexibility index (Phi) is 6.27. The monoisotopic (exact) mass is 439 g/mol. The Morgan fingerprint density at radius 1 is 0.853 bits per heavy atom. The fourth-order valence-corrected chi connectivity index (χ4v) is 5.03. The molecular formula is C33H29N. The molecular weight excluding hydrogens is 410 g/mol. The molecule has 0 radical (unpaired) electrons. The summed E-state index contributed by atoms with van der Waals surface area (Å²) >= 11 is 0. The number of fused-ring (bicyclic) bond motifs is 1. The number of benzene rings is 3. The van der Waals surface area contributed by atoms with E-state index in [1.807, 2.05) is 12.1 Å². The summed E-state index contributed by atoms with van der Waals surface area (Å²) in [6, 6.07) is 27.9. The van der Waals surface area contributed by atoms with Crippen LogP contribution in [0.25, 0.3) is 16.7 Å². The van der Waals surface area contributed by atoms with Gasteiger partial charge in [0.1, 0.15) is 0 Å². The fraction of sp³-hybridized carbons (Fsp3) is 0.0909. The highest BCUT2D eigenvalue weighted by Crippen LogP contribution is 2.51. The van der Waals surface area contributed by atoms with E-state index < -0.39 is 0 Å². The van der Waals surface area contributed by atoms with Crippen molar-refractivity contribution in [3.8, 4) is 0 Å². The molecule has 3 aromatic carbocycles. The predicted molar refractivity (Wildman–Crippen MR) is 148 cm³/mol. The van der Waals surface area contributed by atoms with Crippen molar-refractivity contribution in [3.63, 3.8) is 0 Å². The zero-order valence-electron chi connectivity index (χ0n) is 19.5. The summed E-state index contributed by atoms with van der Waals surface area (Å²) in [5.41, 5.74) is 11.2. The van der Waals surface area contributed by atoms with Crippen molar-refractivity contribution >= 4 is 28.1 Å². The summed E-state index contributed by atoms with van der Waals surface area (Å²) in [6.45, 7) is 6.17. The topological polar surface area (TPSA) is 12.0 Å². The van der Waals surface area contributed by atoms with Gasteiger partial charge in [0.25, 0.3) is 0 Å². The van der Waals surface area contributed by atoms with Crippen LogP contribution in [0.5, 0.6) is 0 Å². The van der Waals surface area contributed by atoms with Gasteiger partial charge in [-0.2, -0.15) is 0 Å². The van der Waals surface area contributed by atoms with Crippen molar-refractivity contribution in [2.45, 2.75) is 13.3 Å². The van der Waals surface area contributed by atoms with E-state index in [-0.39, 0.29) is 0 Å². The minimum Gasteiger partial charge on any atom is -0.356 e. The molecule has 34 heavy (non-hydrogen) atoms. The molecule has 1 unspecified atom stereocenters. The molecule has 1 N–H and O–H groups in total. The molecule has 0 fully saturated rings. The highest BCUT2D eigenvalue weighted by molar-refractivity contribution is 6.16. The van der Waals surface area contributed by atoms with Crippen LogP contribution >= 0.6 is 0 Å². The van der Waals surface area contributed by atoms with E-state index in [0.717, 1.165) is 17.8 Å². The third-order valence-electron chi connectivity index (χ3n) is 6.48. The minimum atomic E-state index is 0.311. The van der Waals surface area contributed by atoms with Gasteiger partial charge in [0.15, 0.2) is 0 Å². The third-order valence-corrected chi connectivity index (χ3v) is 6.48. The molecule has 0 heterocycles. The van der Waals surface area contributed by atoms with Gasteiger partial charge in [-0.25, -0.2) is 0 Å². The maximum Gasteiger partial charge on any atom is 0.0390 e. The molecule has 2 aliphatic carbocycles. The molecule has 0 spiro atoms. The summed E-state index contributed by atoms with van der Waals surface area (Å²) in [5, 5.41) is 3.59. The molecule has 0 bridgehead atoms. The van der Waals surface area contributed by atoms with Crippen LogP contribution in [0.4, 0.5) is 11.4 Å². The third kappa shape index (κ3) is 4.13. The molecule has 166 valence electrons. The zero-order chi connectivity index (χ0) is 23.3. The fourth-order valence-electron chi connectivity index (χ4n) is 5.03. The number of allylic oxidation sites excluding steroid dienone is 11. The van der Waals surface area contributed by atoms with Gasteiger partial charge in [-0.1, -0.05) is 104 Å². The standard InChI is InChI=1S/C33H29N/c1-3-14-30-28(4-2)29-22-21-27(34-26-19-12-7-13-20-26)23-31(29)33(30)32(24-15-8-5-9-16-24)25-17-10-6-11-18-25/h3-17,19-23,25,34H,1,18H2,2H3/b28-4-,30-14+,33-32+. The van der Waals surface area contributed by atoms with E-state index in [0.29, 0.717) is 5.92 Å². The maximum atomic E-state index is 4.04.